The smallest absolute Gasteiger partial charge is 0.263 e. The monoisotopic (exact) mass is 350 g/mol. The van der Waals surface area contributed by atoms with Gasteiger partial charge in [-0.15, -0.1) is 0 Å². The first kappa shape index (κ1) is 13.6. The van der Waals surface area contributed by atoms with Gasteiger partial charge in [-0.3, -0.25) is 4.79 Å². The lowest BCUT2D eigenvalue weighted by Gasteiger charge is -2.05. The molecule has 0 radical (unpaired) electrons. The molecule has 0 bridgehead atoms. The van der Waals surface area contributed by atoms with E-state index in [9.17, 15) is 14.3 Å². The number of aromatic nitrogens is 2. The van der Waals surface area contributed by atoms with Crippen LogP contribution in [0.5, 0.6) is 5.88 Å². The number of nitrogens with zero attached hydrogens (tertiary/aromatic N) is 1. The van der Waals surface area contributed by atoms with Gasteiger partial charge in [0.05, 0.1) is 0 Å². The molecule has 0 spiro atoms. The average molecular weight is 351 g/mol. The Hall–Kier alpha value is -2.41. The molecular formula is C14H8BrFN2O3. The molecule has 0 saturated heterocycles. The third-order valence-electron chi connectivity index (χ3n) is 2.85. The van der Waals surface area contributed by atoms with Crippen LogP contribution in [0.15, 0.2) is 50.3 Å². The number of nitrogens with one attached hydrogen (secondary N) is 1. The molecule has 106 valence electrons. The van der Waals surface area contributed by atoms with E-state index in [4.69, 9.17) is 4.42 Å². The molecule has 0 aliphatic heterocycles. The van der Waals surface area contributed by atoms with Crippen LogP contribution < -0.4 is 5.56 Å². The van der Waals surface area contributed by atoms with Crippen LogP contribution in [-0.4, -0.2) is 15.1 Å². The Morgan fingerprint density at radius 2 is 2.00 bits per heavy atom. The molecule has 0 aliphatic carbocycles. The van der Waals surface area contributed by atoms with Gasteiger partial charge in [0.1, 0.15) is 11.4 Å². The van der Waals surface area contributed by atoms with Crippen molar-refractivity contribution in [1.82, 2.24) is 9.97 Å². The fourth-order valence-electron chi connectivity index (χ4n) is 1.93. The molecule has 0 fully saturated rings. The lowest BCUT2D eigenvalue weighted by Crippen LogP contribution is -2.12. The van der Waals surface area contributed by atoms with Crippen LogP contribution >= 0.6 is 15.9 Å². The van der Waals surface area contributed by atoms with E-state index >= 15 is 0 Å². The summed E-state index contributed by atoms with van der Waals surface area (Å²) >= 11 is 3.13. The zero-order chi connectivity index (χ0) is 15.0. The molecule has 2 heterocycles. The molecule has 0 amide bonds. The number of furan rings is 1. The highest BCUT2D eigenvalue weighted by Gasteiger charge is 2.17. The number of benzene rings is 1. The van der Waals surface area contributed by atoms with Crippen molar-refractivity contribution in [1.29, 1.82) is 0 Å². The summed E-state index contributed by atoms with van der Waals surface area (Å²) in [5.41, 5.74) is -0.895. The molecule has 0 unspecified atom stereocenters. The number of hydrogen-bond donors (Lipinski definition) is 2. The van der Waals surface area contributed by atoms with Crippen molar-refractivity contribution >= 4 is 15.9 Å². The lowest BCUT2D eigenvalue weighted by atomic mass is 10.1. The van der Waals surface area contributed by atoms with Gasteiger partial charge in [0.25, 0.3) is 5.56 Å². The first-order chi connectivity index (χ1) is 10.1. The summed E-state index contributed by atoms with van der Waals surface area (Å²) in [5.74, 6) is -0.849. The van der Waals surface area contributed by atoms with Gasteiger partial charge in [-0.2, -0.15) is 4.98 Å². The number of H-pyrrole nitrogens is 1. The Balaban J connectivity index is 2.18. The van der Waals surface area contributed by atoms with Crippen LogP contribution in [0.3, 0.4) is 0 Å². The van der Waals surface area contributed by atoms with E-state index < -0.39 is 17.3 Å². The van der Waals surface area contributed by atoms with Crippen LogP contribution in [0, 0.1) is 5.82 Å². The minimum Gasteiger partial charge on any atom is -0.493 e. The molecule has 2 N–H and O–H groups in total. The molecule has 3 rings (SSSR count). The van der Waals surface area contributed by atoms with Crippen LogP contribution in [0.25, 0.3) is 22.7 Å². The molecule has 21 heavy (non-hydrogen) atoms. The van der Waals surface area contributed by atoms with Crippen LogP contribution in [-0.2, 0) is 0 Å². The molecular weight excluding hydrogens is 343 g/mol. The molecule has 7 heteroatoms. The van der Waals surface area contributed by atoms with E-state index in [-0.39, 0.29) is 22.7 Å². The van der Waals surface area contributed by atoms with Gasteiger partial charge in [-0.1, -0.05) is 18.2 Å². The largest absolute Gasteiger partial charge is 0.493 e. The second-order valence-electron chi connectivity index (χ2n) is 4.20. The number of halogens is 2. The van der Waals surface area contributed by atoms with Gasteiger partial charge in [-0.05, 0) is 34.1 Å². The van der Waals surface area contributed by atoms with Gasteiger partial charge >= 0.3 is 0 Å². The van der Waals surface area contributed by atoms with Crippen molar-refractivity contribution in [2.24, 2.45) is 0 Å². The Bertz CT molecular complexity index is 873. The fraction of sp³-hybridized carbons (Fsp3) is 0. The lowest BCUT2D eigenvalue weighted by molar-refractivity contribution is 0.451. The molecule has 2 aromatic heterocycles. The number of rotatable bonds is 2. The summed E-state index contributed by atoms with van der Waals surface area (Å²) in [6.07, 6.45) is 0. The van der Waals surface area contributed by atoms with Crippen molar-refractivity contribution in [3.8, 4) is 28.6 Å². The predicted octanol–water partition coefficient (Wildman–Crippen LogP) is 3.30. The van der Waals surface area contributed by atoms with Crippen molar-refractivity contribution < 1.29 is 13.9 Å². The molecule has 5 nitrogen and oxygen atoms in total. The van der Waals surface area contributed by atoms with E-state index in [1.165, 1.54) is 18.2 Å². The standard InChI is InChI=1S/C14H8BrFN2O3/c15-10-6-5-9(21-10)12-17-13(19)11(14(20)18-12)7-3-1-2-4-8(7)16/h1-6H,(H2,17,18,19,20). The first-order valence-electron chi connectivity index (χ1n) is 5.90. The highest BCUT2D eigenvalue weighted by Crippen LogP contribution is 2.28. The SMILES string of the molecule is O=c1[nH]c(-c2ccc(Br)o2)nc(O)c1-c1ccccc1F. The zero-order valence-electron chi connectivity index (χ0n) is 10.4. The Morgan fingerprint density at radius 1 is 1.24 bits per heavy atom. The summed E-state index contributed by atoms with van der Waals surface area (Å²) < 4.78 is 19.4. The number of aromatic hydroxyl groups is 1. The van der Waals surface area contributed by atoms with Gasteiger partial charge < -0.3 is 14.5 Å². The third kappa shape index (κ3) is 2.47. The van der Waals surface area contributed by atoms with Gasteiger partial charge in [0.2, 0.25) is 5.88 Å². The van der Waals surface area contributed by atoms with Crippen LogP contribution in [0.2, 0.25) is 0 Å². The number of hydrogen-bond acceptors (Lipinski definition) is 4. The minimum absolute atomic E-state index is 0.0177. The Labute approximate surface area is 126 Å². The maximum Gasteiger partial charge on any atom is 0.263 e. The fourth-order valence-corrected chi connectivity index (χ4v) is 2.23. The normalized spacial score (nSPS) is 10.8. The van der Waals surface area contributed by atoms with Crippen molar-refractivity contribution in [3.63, 3.8) is 0 Å². The maximum atomic E-state index is 13.7. The molecule has 3 aromatic rings. The minimum atomic E-state index is -0.657. The number of aromatic amines is 1. The summed E-state index contributed by atoms with van der Waals surface area (Å²) in [4.78, 5) is 18.4. The molecule has 0 atom stereocenters. The predicted molar refractivity (Wildman–Crippen MR) is 77.3 cm³/mol. The first-order valence-corrected chi connectivity index (χ1v) is 6.69. The molecule has 0 aliphatic rings. The third-order valence-corrected chi connectivity index (χ3v) is 3.28. The van der Waals surface area contributed by atoms with Gasteiger partial charge in [-0.25, -0.2) is 4.39 Å². The second kappa shape index (κ2) is 5.17. The maximum absolute atomic E-state index is 13.7. The van der Waals surface area contributed by atoms with Gasteiger partial charge in [0, 0.05) is 5.56 Å². The van der Waals surface area contributed by atoms with E-state index in [1.54, 1.807) is 18.2 Å². The van der Waals surface area contributed by atoms with Crippen LogP contribution in [0.4, 0.5) is 4.39 Å². The van der Waals surface area contributed by atoms with E-state index in [2.05, 4.69) is 25.9 Å². The van der Waals surface area contributed by atoms with E-state index in [0.717, 1.165) is 0 Å². The van der Waals surface area contributed by atoms with Crippen molar-refractivity contribution in [2.45, 2.75) is 0 Å². The van der Waals surface area contributed by atoms with Crippen molar-refractivity contribution in [2.75, 3.05) is 0 Å². The molecule has 0 saturated carbocycles. The summed E-state index contributed by atoms with van der Waals surface area (Å²) in [6.45, 7) is 0. The van der Waals surface area contributed by atoms with E-state index in [1.807, 2.05) is 0 Å². The summed E-state index contributed by atoms with van der Waals surface area (Å²) in [7, 11) is 0. The van der Waals surface area contributed by atoms with Crippen LogP contribution in [0.1, 0.15) is 0 Å². The highest BCUT2D eigenvalue weighted by molar-refractivity contribution is 9.10. The van der Waals surface area contributed by atoms with Gasteiger partial charge in [0.15, 0.2) is 16.3 Å². The van der Waals surface area contributed by atoms with Crippen molar-refractivity contribution in [3.05, 3.63) is 57.2 Å². The Kier molecular flexibility index (Phi) is 3.34. The quantitative estimate of drug-likeness (QED) is 0.743. The van der Waals surface area contributed by atoms with E-state index in [0.29, 0.717) is 4.67 Å². The Morgan fingerprint density at radius 3 is 2.62 bits per heavy atom. The summed E-state index contributed by atoms with van der Waals surface area (Å²) in [5, 5.41) is 9.97. The second-order valence-corrected chi connectivity index (χ2v) is 4.98. The summed E-state index contributed by atoms with van der Waals surface area (Å²) in [6, 6.07) is 8.85. The topological polar surface area (TPSA) is 79.1 Å². The highest BCUT2D eigenvalue weighted by atomic mass is 79.9. The molecule has 1 aromatic carbocycles. The average Bonchev–Trinajstić information content (AvgIpc) is 2.87. The zero-order valence-corrected chi connectivity index (χ0v) is 12.0.